The van der Waals surface area contributed by atoms with Gasteiger partial charge in [-0.05, 0) is 25.1 Å². The summed E-state index contributed by atoms with van der Waals surface area (Å²) in [6.07, 6.45) is 1.62. The van der Waals surface area contributed by atoms with Crippen LogP contribution in [0.3, 0.4) is 0 Å². The highest BCUT2D eigenvalue weighted by atomic mass is 16.2. The average Bonchev–Trinajstić information content (AvgIpc) is 2.89. The van der Waals surface area contributed by atoms with Gasteiger partial charge in [0.2, 0.25) is 5.91 Å². The van der Waals surface area contributed by atoms with E-state index in [4.69, 9.17) is 0 Å². The van der Waals surface area contributed by atoms with Crippen molar-refractivity contribution in [2.24, 2.45) is 0 Å². The van der Waals surface area contributed by atoms with Gasteiger partial charge in [0.05, 0.1) is 0 Å². The summed E-state index contributed by atoms with van der Waals surface area (Å²) in [5.74, 6) is 0.810. The van der Waals surface area contributed by atoms with Crippen LogP contribution in [0.15, 0.2) is 24.3 Å². The molecular weight excluding hydrogens is 250 g/mol. The first-order chi connectivity index (χ1) is 9.74. The van der Waals surface area contributed by atoms with Gasteiger partial charge >= 0.3 is 0 Å². The van der Waals surface area contributed by atoms with E-state index in [1.54, 1.807) is 0 Å². The van der Waals surface area contributed by atoms with Crippen molar-refractivity contribution in [2.45, 2.75) is 18.8 Å². The Labute approximate surface area is 120 Å². The van der Waals surface area contributed by atoms with E-state index in [1.807, 2.05) is 4.90 Å². The zero-order valence-corrected chi connectivity index (χ0v) is 12.1. The number of hydrogen-bond acceptors (Lipinski definition) is 3. The minimum absolute atomic E-state index is 0.322. The Morgan fingerprint density at radius 2 is 2.00 bits per heavy atom. The van der Waals surface area contributed by atoms with Gasteiger partial charge < -0.3 is 15.1 Å². The number of carbonyl (C=O) groups excluding carboxylic acids is 1. The molecule has 1 aromatic rings. The molecule has 3 rings (SSSR count). The molecule has 1 N–H and O–H groups in total. The summed E-state index contributed by atoms with van der Waals surface area (Å²) < 4.78 is 0. The van der Waals surface area contributed by atoms with Crippen LogP contribution in [0, 0.1) is 0 Å². The van der Waals surface area contributed by atoms with E-state index in [2.05, 4.69) is 41.5 Å². The van der Waals surface area contributed by atoms with E-state index in [0.29, 0.717) is 18.2 Å². The van der Waals surface area contributed by atoms with Crippen LogP contribution in [0.5, 0.6) is 0 Å². The third-order valence-electron chi connectivity index (χ3n) is 4.50. The van der Waals surface area contributed by atoms with E-state index in [1.165, 1.54) is 11.3 Å². The molecule has 2 aliphatic rings. The summed E-state index contributed by atoms with van der Waals surface area (Å²) in [6.45, 7) is 4.73. The van der Waals surface area contributed by atoms with E-state index in [9.17, 15) is 4.79 Å². The number of likely N-dealkylation sites (N-methyl/N-ethyl adjacent to an activating group) is 1. The second-order valence-electron chi connectivity index (χ2n) is 5.89. The van der Waals surface area contributed by atoms with E-state index in [0.717, 1.165) is 39.1 Å². The van der Waals surface area contributed by atoms with Gasteiger partial charge in [-0.1, -0.05) is 18.2 Å². The monoisotopic (exact) mass is 273 g/mol. The number of piperazine rings is 1. The largest absolute Gasteiger partial charge is 0.384 e. The minimum atomic E-state index is 0.322. The quantitative estimate of drug-likeness (QED) is 0.911. The van der Waals surface area contributed by atoms with E-state index in [-0.39, 0.29) is 0 Å². The van der Waals surface area contributed by atoms with Crippen molar-refractivity contribution in [3.63, 3.8) is 0 Å². The van der Waals surface area contributed by atoms with Crippen LogP contribution >= 0.6 is 0 Å². The number of carbonyl (C=O) groups is 1. The van der Waals surface area contributed by atoms with Gasteiger partial charge in [0.1, 0.15) is 0 Å². The molecule has 1 saturated heterocycles. The Balaban J connectivity index is 1.52. The predicted octanol–water partition coefficient (Wildman–Crippen LogP) is 1.75. The van der Waals surface area contributed by atoms with Crippen LogP contribution in [0.2, 0.25) is 0 Å². The molecule has 0 saturated carbocycles. The van der Waals surface area contributed by atoms with Crippen LogP contribution in [0.4, 0.5) is 5.69 Å². The maximum atomic E-state index is 12.3. The molecule has 0 bridgehead atoms. The molecule has 1 aromatic carbocycles. The van der Waals surface area contributed by atoms with Crippen molar-refractivity contribution >= 4 is 11.6 Å². The Morgan fingerprint density at radius 1 is 1.25 bits per heavy atom. The SMILES string of the molecule is CN1CCN(C(=O)CCC2CNc3ccccc32)CC1. The van der Waals surface area contributed by atoms with Crippen LogP contribution in [0.25, 0.3) is 0 Å². The predicted molar refractivity (Wildman–Crippen MR) is 81.0 cm³/mol. The molecule has 2 aliphatic heterocycles. The van der Waals surface area contributed by atoms with Gasteiger partial charge in [-0.3, -0.25) is 4.79 Å². The van der Waals surface area contributed by atoms with Crippen molar-refractivity contribution in [3.8, 4) is 0 Å². The minimum Gasteiger partial charge on any atom is -0.384 e. The lowest BCUT2D eigenvalue weighted by molar-refractivity contribution is -0.132. The second kappa shape index (κ2) is 5.83. The summed E-state index contributed by atoms with van der Waals surface area (Å²) in [6, 6.07) is 8.45. The number of amides is 1. The summed E-state index contributed by atoms with van der Waals surface area (Å²) in [5, 5.41) is 3.43. The molecule has 4 heteroatoms. The first kappa shape index (κ1) is 13.4. The molecular formula is C16H23N3O. The van der Waals surface area contributed by atoms with Gasteiger partial charge in [0.25, 0.3) is 0 Å². The molecule has 1 fully saturated rings. The van der Waals surface area contributed by atoms with Crippen LogP contribution in [-0.4, -0.2) is 55.5 Å². The second-order valence-corrected chi connectivity index (χ2v) is 5.89. The highest BCUT2D eigenvalue weighted by Gasteiger charge is 2.24. The number of hydrogen-bond donors (Lipinski definition) is 1. The van der Waals surface area contributed by atoms with Crippen molar-refractivity contribution in [1.82, 2.24) is 9.80 Å². The first-order valence-corrected chi connectivity index (χ1v) is 7.53. The number of para-hydroxylation sites is 1. The number of anilines is 1. The number of fused-ring (bicyclic) bond motifs is 1. The van der Waals surface area contributed by atoms with Crippen molar-refractivity contribution < 1.29 is 4.79 Å². The standard InChI is InChI=1S/C16H23N3O/c1-18-8-10-19(11-9-18)16(20)7-6-13-12-17-15-5-3-2-4-14(13)15/h2-5,13,17H,6-12H2,1H3. The maximum Gasteiger partial charge on any atom is 0.222 e. The zero-order chi connectivity index (χ0) is 13.9. The maximum absolute atomic E-state index is 12.3. The molecule has 20 heavy (non-hydrogen) atoms. The molecule has 1 atom stereocenters. The number of nitrogens with one attached hydrogen (secondary N) is 1. The first-order valence-electron chi connectivity index (χ1n) is 7.53. The molecule has 0 aromatic heterocycles. The Hall–Kier alpha value is -1.55. The summed E-state index contributed by atoms with van der Waals surface area (Å²) in [5.41, 5.74) is 2.61. The number of benzene rings is 1. The van der Waals surface area contributed by atoms with Gasteiger partial charge in [-0.25, -0.2) is 0 Å². The van der Waals surface area contributed by atoms with E-state index < -0.39 is 0 Å². The van der Waals surface area contributed by atoms with Crippen molar-refractivity contribution in [3.05, 3.63) is 29.8 Å². The highest BCUT2D eigenvalue weighted by molar-refractivity contribution is 5.76. The van der Waals surface area contributed by atoms with Crippen molar-refractivity contribution in [2.75, 3.05) is 45.1 Å². The van der Waals surface area contributed by atoms with Gasteiger partial charge in [-0.2, -0.15) is 0 Å². The Bertz CT molecular complexity index is 480. The lowest BCUT2D eigenvalue weighted by Gasteiger charge is -2.32. The summed E-state index contributed by atoms with van der Waals surface area (Å²) in [7, 11) is 2.11. The molecule has 1 unspecified atom stereocenters. The molecule has 2 heterocycles. The molecule has 0 aliphatic carbocycles. The topological polar surface area (TPSA) is 35.6 Å². The summed E-state index contributed by atoms with van der Waals surface area (Å²) in [4.78, 5) is 16.6. The van der Waals surface area contributed by atoms with Gasteiger partial charge in [0.15, 0.2) is 0 Å². The normalized spacial score (nSPS) is 22.4. The van der Waals surface area contributed by atoms with Gasteiger partial charge in [-0.15, -0.1) is 0 Å². The lowest BCUT2D eigenvalue weighted by Crippen LogP contribution is -2.47. The van der Waals surface area contributed by atoms with E-state index >= 15 is 0 Å². The third-order valence-corrected chi connectivity index (χ3v) is 4.50. The van der Waals surface area contributed by atoms with Crippen LogP contribution < -0.4 is 5.32 Å². The van der Waals surface area contributed by atoms with Crippen LogP contribution in [0.1, 0.15) is 24.3 Å². The Morgan fingerprint density at radius 3 is 2.80 bits per heavy atom. The number of rotatable bonds is 3. The molecule has 4 nitrogen and oxygen atoms in total. The third kappa shape index (κ3) is 2.80. The fraction of sp³-hybridized carbons (Fsp3) is 0.562. The van der Waals surface area contributed by atoms with Crippen LogP contribution in [-0.2, 0) is 4.79 Å². The number of nitrogens with zero attached hydrogens (tertiary/aromatic N) is 2. The molecule has 0 spiro atoms. The molecule has 108 valence electrons. The highest BCUT2D eigenvalue weighted by Crippen LogP contribution is 2.34. The Kier molecular flexibility index (Phi) is 3.92. The zero-order valence-electron chi connectivity index (χ0n) is 12.1. The van der Waals surface area contributed by atoms with Gasteiger partial charge in [0, 0.05) is 50.7 Å². The fourth-order valence-corrected chi connectivity index (χ4v) is 3.13. The molecule has 1 amide bonds. The fourth-order valence-electron chi connectivity index (χ4n) is 3.13. The molecule has 0 radical (unpaired) electrons. The smallest absolute Gasteiger partial charge is 0.222 e. The van der Waals surface area contributed by atoms with Crippen molar-refractivity contribution in [1.29, 1.82) is 0 Å². The lowest BCUT2D eigenvalue weighted by atomic mass is 9.96. The average molecular weight is 273 g/mol. The summed E-state index contributed by atoms with van der Waals surface area (Å²) >= 11 is 0.